The Kier molecular flexibility index (Phi) is 5.19. The van der Waals surface area contributed by atoms with Gasteiger partial charge >= 0.3 is 5.97 Å². The molecule has 0 amide bonds. The first-order valence-corrected chi connectivity index (χ1v) is 8.99. The third-order valence-electron chi connectivity index (χ3n) is 3.61. The van der Waals surface area contributed by atoms with Crippen LogP contribution in [0.2, 0.25) is 0 Å². The number of hydrogen-bond donors (Lipinski definition) is 0. The Bertz CT molecular complexity index is 880. The highest BCUT2D eigenvalue weighted by Crippen LogP contribution is 2.28. The zero-order valence-corrected chi connectivity index (χ0v) is 14.4. The second-order valence-corrected chi connectivity index (χ2v) is 7.31. The van der Waals surface area contributed by atoms with E-state index in [1.807, 2.05) is 0 Å². The number of benzene rings is 2. The van der Waals surface area contributed by atoms with Crippen LogP contribution in [0.1, 0.15) is 18.1 Å². The summed E-state index contributed by atoms with van der Waals surface area (Å²) in [7, 11) is -2.02. The van der Waals surface area contributed by atoms with Gasteiger partial charge in [-0.25, -0.2) is 17.6 Å². The van der Waals surface area contributed by atoms with E-state index in [4.69, 9.17) is 4.74 Å². The van der Waals surface area contributed by atoms with Gasteiger partial charge in [0.15, 0.2) is 9.84 Å². The Morgan fingerprint density at radius 2 is 1.46 bits per heavy atom. The van der Waals surface area contributed by atoms with Crippen molar-refractivity contribution < 1.29 is 22.3 Å². The number of allylic oxidation sites excluding steroid dienone is 1. The molecule has 0 aromatic heterocycles. The Labute approximate surface area is 140 Å². The zero-order valence-electron chi connectivity index (χ0n) is 13.5. The van der Waals surface area contributed by atoms with Crippen LogP contribution in [0, 0.1) is 5.82 Å². The van der Waals surface area contributed by atoms with E-state index >= 15 is 0 Å². The van der Waals surface area contributed by atoms with E-state index in [0.29, 0.717) is 22.3 Å². The van der Waals surface area contributed by atoms with Crippen molar-refractivity contribution >= 4 is 27.0 Å². The molecule has 0 aliphatic carbocycles. The lowest BCUT2D eigenvalue weighted by molar-refractivity contribution is -0.133. The van der Waals surface area contributed by atoms with Crippen LogP contribution in [0.5, 0.6) is 0 Å². The van der Waals surface area contributed by atoms with E-state index in [0.717, 1.165) is 6.26 Å². The lowest BCUT2D eigenvalue weighted by Crippen LogP contribution is -2.06. The summed E-state index contributed by atoms with van der Waals surface area (Å²) in [6.45, 7) is 1.73. The second kappa shape index (κ2) is 6.97. The zero-order chi connectivity index (χ0) is 17.9. The summed E-state index contributed by atoms with van der Waals surface area (Å²) >= 11 is 0. The largest absolute Gasteiger partial charge is 0.465 e. The Hall–Kier alpha value is -2.47. The lowest BCUT2D eigenvalue weighted by Gasteiger charge is -2.12. The Morgan fingerprint density at radius 3 is 1.92 bits per heavy atom. The van der Waals surface area contributed by atoms with Crippen LogP contribution >= 0.6 is 0 Å². The van der Waals surface area contributed by atoms with E-state index < -0.39 is 21.6 Å². The molecule has 0 bridgehead atoms. The van der Waals surface area contributed by atoms with Crippen molar-refractivity contribution in [2.24, 2.45) is 0 Å². The first-order valence-electron chi connectivity index (χ1n) is 7.09. The summed E-state index contributed by atoms with van der Waals surface area (Å²) in [6, 6.07) is 11.7. The first-order chi connectivity index (χ1) is 11.2. The van der Waals surface area contributed by atoms with Crippen LogP contribution in [-0.4, -0.2) is 27.8 Å². The summed E-state index contributed by atoms with van der Waals surface area (Å²) in [5.41, 5.74) is 2.10. The molecule has 0 saturated heterocycles. The molecule has 126 valence electrons. The van der Waals surface area contributed by atoms with E-state index in [1.165, 1.54) is 43.5 Å². The van der Waals surface area contributed by atoms with Crippen LogP contribution < -0.4 is 0 Å². The number of carbonyl (C=O) groups is 1. The topological polar surface area (TPSA) is 60.4 Å². The minimum Gasteiger partial charge on any atom is -0.465 e. The molecule has 0 spiro atoms. The smallest absolute Gasteiger partial charge is 0.338 e. The fourth-order valence-corrected chi connectivity index (χ4v) is 2.93. The maximum absolute atomic E-state index is 13.1. The molecular weight excluding hydrogens is 331 g/mol. The number of hydrogen-bond acceptors (Lipinski definition) is 4. The Morgan fingerprint density at radius 1 is 0.958 bits per heavy atom. The van der Waals surface area contributed by atoms with Crippen molar-refractivity contribution in [2.45, 2.75) is 11.8 Å². The number of rotatable bonds is 4. The Balaban J connectivity index is 2.57. The van der Waals surface area contributed by atoms with Crippen molar-refractivity contribution in [1.29, 1.82) is 0 Å². The normalized spacial score (nSPS) is 12.5. The van der Waals surface area contributed by atoms with Crippen molar-refractivity contribution in [2.75, 3.05) is 13.4 Å². The summed E-state index contributed by atoms with van der Waals surface area (Å²) in [6.07, 6.45) is 1.13. The fourth-order valence-electron chi connectivity index (χ4n) is 2.30. The fraction of sp³-hybridized carbons (Fsp3) is 0.167. The molecule has 2 rings (SSSR count). The molecule has 24 heavy (non-hydrogen) atoms. The summed E-state index contributed by atoms with van der Waals surface area (Å²) in [5, 5.41) is 0. The summed E-state index contributed by atoms with van der Waals surface area (Å²) < 4.78 is 41.0. The molecule has 0 aliphatic rings. The van der Waals surface area contributed by atoms with Crippen molar-refractivity contribution in [3.05, 3.63) is 65.5 Å². The van der Waals surface area contributed by atoms with E-state index in [2.05, 4.69) is 0 Å². The molecule has 0 unspecified atom stereocenters. The van der Waals surface area contributed by atoms with E-state index in [9.17, 15) is 17.6 Å². The molecule has 2 aromatic carbocycles. The standard InChI is InChI=1S/C18H17FO4S/c1-12(13-6-10-16(11-7-13)24(3,21)22)17(18(20)23-2)14-4-8-15(19)9-5-14/h4-11H,1-3H3/b17-12+. The molecule has 4 nitrogen and oxygen atoms in total. The number of ether oxygens (including phenoxy) is 1. The van der Waals surface area contributed by atoms with Crippen LogP contribution in [-0.2, 0) is 19.4 Å². The highest BCUT2D eigenvalue weighted by molar-refractivity contribution is 7.90. The summed E-state index contributed by atoms with van der Waals surface area (Å²) in [4.78, 5) is 12.4. The molecule has 0 atom stereocenters. The SMILES string of the molecule is COC(=O)/C(=C(\C)c1ccc(S(C)(=O)=O)cc1)c1ccc(F)cc1. The second-order valence-electron chi connectivity index (χ2n) is 5.30. The molecular formula is C18H17FO4S. The quantitative estimate of drug-likeness (QED) is 0.483. The maximum Gasteiger partial charge on any atom is 0.338 e. The van der Waals surface area contributed by atoms with E-state index in [-0.39, 0.29) is 4.90 Å². The highest BCUT2D eigenvalue weighted by Gasteiger charge is 2.17. The van der Waals surface area contributed by atoms with Gasteiger partial charge in [0.1, 0.15) is 5.82 Å². The van der Waals surface area contributed by atoms with Crippen molar-refractivity contribution in [1.82, 2.24) is 0 Å². The number of esters is 1. The molecule has 0 radical (unpaired) electrons. The predicted molar refractivity (Wildman–Crippen MR) is 90.5 cm³/mol. The lowest BCUT2D eigenvalue weighted by atomic mass is 9.96. The van der Waals surface area contributed by atoms with Gasteiger partial charge in [0.25, 0.3) is 0 Å². The van der Waals surface area contributed by atoms with Crippen LogP contribution in [0.4, 0.5) is 4.39 Å². The number of methoxy groups -OCH3 is 1. The molecule has 2 aromatic rings. The minimum atomic E-state index is -3.29. The average molecular weight is 348 g/mol. The summed E-state index contributed by atoms with van der Waals surface area (Å²) in [5.74, 6) is -0.954. The van der Waals surface area contributed by atoms with Gasteiger partial charge < -0.3 is 4.74 Å². The van der Waals surface area contributed by atoms with Crippen LogP contribution in [0.25, 0.3) is 11.1 Å². The molecule has 0 fully saturated rings. The average Bonchev–Trinajstić information content (AvgIpc) is 2.55. The van der Waals surface area contributed by atoms with Gasteiger partial charge in [-0.05, 0) is 47.9 Å². The van der Waals surface area contributed by atoms with E-state index in [1.54, 1.807) is 19.1 Å². The molecule has 0 heterocycles. The molecule has 0 N–H and O–H groups in total. The number of sulfone groups is 1. The van der Waals surface area contributed by atoms with Gasteiger partial charge in [0, 0.05) is 6.26 Å². The molecule has 6 heteroatoms. The van der Waals surface area contributed by atoms with Gasteiger partial charge in [-0.3, -0.25) is 0 Å². The van der Waals surface area contributed by atoms with Crippen molar-refractivity contribution in [3.63, 3.8) is 0 Å². The van der Waals surface area contributed by atoms with Crippen LogP contribution in [0.3, 0.4) is 0 Å². The minimum absolute atomic E-state index is 0.195. The number of carbonyl (C=O) groups excluding carboxylic acids is 1. The van der Waals surface area contributed by atoms with Crippen molar-refractivity contribution in [3.8, 4) is 0 Å². The first kappa shape index (κ1) is 17.9. The van der Waals surface area contributed by atoms with Gasteiger partial charge in [0.05, 0.1) is 17.6 Å². The monoisotopic (exact) mass is 348 g/mol. The molecule has 0 aliphatic heterocycles. The van der Waals surface area contributed by atoms with Gasteiger partial charge in [-0.1, -0.05) is 24.3 Å². The maximum atomic E-state index is 13.1. The van der Waals surface area contributed by atoms with Gasteiger partial charge in [0.2, 0.25) is 0 Å². The third kappa shape index (κ3) is 3.89. The number of halogens is 1. The van der Waals surface area contributed by atoms with Gasteiger partial charge in [-0.2, -0.15) is 0 Å². The van der Waals surface area contributed by atoms with Crippen LogP contribution in [0.15, 0.2) is 53.4 Å². The predicted octanol–water partition coefficient (Wildman–Crippen LogP) is 3.33. The third-order valence-corrected chi connectivity index (χ3v) is 4.74. The van der Waals surface area contributed by atoms with Gasteiger partial charge in [-0.15, -0.1) is 0 Å². The highest BCUT2D eigenvalue weighted by atomic mass is 32.2. The molecule has 0 saturated carbocycles.